The minimum absolute atomic E-state index is 0.0958. The standard InChI is InChI=1S/C13H27N3O/c1-10(2)15-13(17)11(3)14-9-12-7-5-6-8-16(12)4/h10-12,14H,5-9H2,1-4H3,(H,15,17). The number of rotatable bonds is 5. The van der Waals surface area contributed by atoms with Gasteiger partial charge in [-0.1, -0.05) is 6.42 Å². The van der Waals surface area contributed by atoms with E-state index in [4.69, 9.17) is 0 Å². The molecule has 2 N–H and O–H groups in total. The highest BCUT2D eigenvalue weighted by atomic mass is 16.2. The first kappa shape index (κ1) is 14.5. The van der Waals surface area contributed by atoms with Crippen LogP contribution in [0, 0.1) is 0 Å². The van der Waals surface area contributed by atoms with Gasteiger partial charge in [-0.25, -0.2) is 0 Å². The number of amides is 1. The molecule has 0 bridgehead atoms. The molecule has 1 aliphatic heterocycles. The lowest BCUT2D eigenvalue weighted by Crippen LogP contribution is -2.50. The minimum atomic E-state index is -0.104. The van der Waals surface area contributed by atoms with Gasteiger partial charge in [0.2, 0.25) is 5.91 Å². The number of likely N-dealkylation sites (N-methyl/N-ethyl adjacent to an activating group) is 1. The first-order chi connectivity index (χ1) is 8.00. The maximum absolute atomic E-state index is 11.7. The van der Waals surface area contributed by atoms with Gasteiger partial charge in [-0.05, 0) is 47.2 Å². The molecule has 4 nitrogen and oxygen atoms in total. The molecular weight excluding hydrogens is 214 g/mol. The van der Waals surface area contributed by atoms with E-state index in [1.807, 2.05) is 20.8 Å². The third-order valence-corrected chi connectivity index (χ3v) is 3.41. The van der Waals surface area contributed by atoms with Gasteiger partial charge < -0.3 is 15.5 Å². The molecule has 1 heterocycles. The normalized spacial score (nSPS) is 23.7. The summed E-state index contributed by atoms with van der Waals surface area (Å²) < 4.78 is 0. The Kier molecular flexibility index (Phi) is 5.92. The van der Waals surface area contributed by atoms with Gasteiger partial charge in [-0.2, -0.15) is 0 Å². The number of nitrogens with zero attached hydrogens (tertiary/aromatic N) is 1. The van der Waals surface area contributed by atoms with Crippen LogP contribution in [0.2, 0.25) is 0 Å². The number of carbonyl (C=O) groups is 1. The van der Waals surface area contributed by atoms with Crippen LogP contribution >= 0.6 is 0 Å². The van der Waals surface area contributed by atoms with E-state index in [1.54, 1.807) is 0 Å². The predicted octanol–water partition coefficient (Wildman–Crippen LogP) is 0.973. The van der Waals surface area contributed by atoms with Gasteiger partial charge in [0.1, 0.15) is 0 Å². The Hall–Kier alpha value is -0.610. The number of hydrogen-bond donors (Lipinski definition) is 2. The summed E-state index contributed by atoms with van der Waals surface area (Å²) in [5.74, 6) is 0.0958. The lowest BCUT2D eigenvalue weighted by atomic mass is 10.0. The third-order valence-electron chi connectivity index (χ3n) is 3.41. The van der Waals surface area contributed by atoms with Gasteiger partial charge in [-0.15, -0.1) is 0 Å². The highest BCUT2D eigenvalue weighted by Gasteiger charge is 2.20. The highest BCUT2D eigenvalue weighted by Crippen LogP contribution is 2.14. The second kappa shape index (κ2) is 6.97. The van der Waals surface area contributed by atoms with Crippen LogP contribution in [0.3, 0.4) is 0 Å². The van der Waals surface area contributed by atoms with Crippen LogP contribution in [0.15, 0.2) is 0 Å². The SMILES string of the molecule is CC(C)NC(=O)C(C)NCC1CCCCN1C. The van der Waals surface area contributed by atoms with E-state index in [-0.39, 0.29) is 18.0 Å². The van der Waals surface area contributed by atoms with E-state index in [0.29, 0.717) is 6.04 Å². The van der Waals surface area contributed by atoms with Gasteiger partial charge in [0.25, 0.3) is 0 Å². The lowest BCUT2D eigenvalue weighted by Gasteiger charge is -2.33. The molecule has 1 amide bonds. The zero-order valence-electron chi connectivity index (χ0n) is 11.6. The van der Waals surface area contributed by atoms with Gasteiger partial charge in [-0.3, -0.25) is 4.79 Å². The van der Waals surface area contributed by atoms with Crippen LogP contribution in [0.1, 0.15) is 40.0 Å². The summed E-state index contributed by atoms with van der Waals surface area (Å²) in [6, 6.07) is 0.690. The topological polar surface area (TPSA) is 44.4 Å². The molecule has 0 aromatic heterocycles. The molecular formula is C13H27N3O. The van der Waals surface area contributed by atoms with E-state index < -0.39 is 0 Å². The molecule has 1 fully saturated rings. The van der Waals surface area contributed by atoms with Crippen molar-refractivity contribution >= 4 is 5.91 Å². The maximum atomic E-state index is 11.7. The number of piperidine rings is 1. The predicted molar refractivity (Wildman–Crippen MR) is 71.0 cm³/mol. The van der Waals surface area contributed by atoms with Gasteiger partial charge in [0, 0.05) is 18.6 Å². The number of nitrogens with one attached hydrogen (secondary N) is 2. The van der Waals surface area contributed by atoms with Gasteiger partial charge >= 0.3 is 0 Å². The zero-order chi connectivity index (χ0) is 12.8. The fourth-order valence-electron chi connectivity index (χ4n) is 2.22. The quantitative estimate of drug-likeness (QED) is 0.754. The van der Waals surface area contributed by atoms with Crippen LogP contribution in [0.25, 0.3) is 0 Å². The molecule has 0 aromatic carbocycles. The second-order valence-electron chi connectivity index (χ2n) is 5.42. The Balaban J connectivity index is 2.26. The van der Waals surface area contributed by atoms with Crippen molar-refractivity contribution in [3.63, 3.8) is 0 Å². The van der Waals surface area contributed by atoms with Crippen LogP contribution in [-0.4, -0.2) is 49.1 Å². The number of carbonyl (C=O) groups excluding carboxylic acids is 1. The smallest absolute Gasteiger partial charge is 0.237 e. The van der Waals surface area contributed by atoms with Crippen LogP contribution < -0.4 is 10.6 Å². The van der Waals surface area contributed by atoms with Crippen molar-refractivity contribution in [2.75, 3.05) is 20.1 Å². The lowest BCUT2D eigenvalue weighted by molar-refractivity contribution is -0.123. The summed E-state index contributed by atoms with van der Waals surface area (Å²) in [5.41, 5.74) is 0. The highest BCUT2D eigenvalue weighted by molar-refractivity contribution is 5.81. The summed E-state index contributed by atoms with van der Waals surface area (Å²) in [7, 11) is 2.17. The Morgan fingerprint density at radius 3 is 2.65 bits per heavy atom. The molecule has 0 aliphatic carbocycles. The average Bonchev–Trinajstić information content (AvgIpc) is 2.26. The number of hydrogen-bond acceptors (Lipinski definition) is 3. The fourth-order valence-corrected chi connectivity index (χ4v) is 2.22. The van der Waals surface area contributed by atoms with Crippen molar-refractivity contribution in [3.05, 3.63) is 0 Å². The van der Waals surface area contributed by atoms with Crippen molar-refractivity contribution in [1.29, 1.82) is 0 Å². The summed E-state index contributed by atoms with van der Waals surface area (Å²) in [6.07, 6.45) is 3.85. The monoisotopic (exact) mass is 241 g/mol. The Morgan fingerprint density at radius 1 is 1.35 bits per heavy atom. The molecule has 1 saturated heterocycles. The molecule has 0 saturated carbocycles. The Labute approximate surface area is 105 Å². The molecule has 17 heavy (non-hydrogen) atoms. The summed E-state index contributed by atoms with van der Waals surface area (Å²) >= 11 is 0. The largest absolute Gasteiger partial charge is 0.353 e. The molecule has 0 radical (unpaired) electrons. The van der Waals surface area contributed by atoms with E-state index >= 15 is 0 Å². The average molecular weight is 241 g/mol. The van der Waals surface area contributed by atoms with Crippen molar-refractivity contribution in [2.24, 2.45) is 0 Å². The van der Waals surface area contributed by atoms with Crippen molar-refractivity contribution in [2.45, 2.75) is 58.2 Å². The van der Waals surface area contributed by atoms with Crippen molar-refractivity contribution < 1.29 is 4.79 Å². The summed E-state index contributed by atoms with van der Waals surface area (Å²) in [4.78, 5) is 14.1. The molecule has 0 spiro atoms. The van der Waals surface area contributed by atoms with Crippen LogP contribution in [-0.2, 0) is 4.79 Å². The summed E-state index contributed by atoms with van der Waals surface area (Å²) in [5, 5.41) is 6.26. The van der Waals surface area contributed by atoms with Gasteiger partial charge in [0.15, 0.2) is 0 Å². The van der Waals surface area contributed by atoms with Gasteiger partial charge in [0.05, 0.1) is 6.04 Å². The fraction of sp³-hybridized carbons (Fsp3) is 0.923. The van der Waals surface area contributed by atoms with Crippen LogP contribution in [0.4, 0.5) is 0 Å². The second-order valence-corrected chi connectivity index (χ2v) is 5.42. The Morgan fingerprint density at radius 2 is 2.06 bits per heavy atom. The maximum Gasteiger partial charge on any atom is 0.237 e. The molecule has 4 heteroatoms. The first-order valence-corrected chi connectivity index (χ1v) is 6.74. The number of likely N-dealkylation sites (tertiary alicyclic amines) is 1. The first-order valence-electron chi connectivity index (χ1n) is 6.74. The van der Waals surface area contributed by atoms with Crippen molar-refractivity contribution in [3.8, 4) is 0 Å². The third kappa shape index (κ3) is 5.04. The minimum Gasteiger partial charge on any atom is -0.353 e. The molecule has 0 aromatic rings. The molecule has 2 unspecified atom stereocenters. The van der Waals surface area contributed by atoms with E-state index in [9.17, 15) is 4.79 Å². The van der Waals surface area contributed by atoms with Crippen LogP contribution in [0.5, 0.6) is 0 Å². The summed E-state index contributed by atoms with van der Waals surface area (Å²) in [6.45, 7) is 7.99. The molecule has 1 aliphatic rings. The molecule has 2 atom stereocenters. The van der Waals surface area contributed by atoms with E-state index in [1.165, 1.54) is 25.8 Å². The molecule has 1 rings (SSSR count). The van der Waals surface area contributed by atoms with E-state index in [2.05, 4.69) is 22.6 Å². The molecule has 100 valence electrons. The van der Waals surface area contributed by atoms with Crippen molar-refractivity contribution in [1.82, 2.24) is 15.5 Å². The van der Waals surface area contributed by atoms with E-state index in [0.717, 1.165) is 6.54 Å². The Bertz CT molecular complexity index is 243. The zero-order valence-corrected chi connectivity index (χ0v) is 11.6.